The van der Waals surface area contributed by atoms with Gasteiger partial charge in [-0.15, -0.1) is 0 Å². The van der Waals surface area contributed by atoms with Crippen molar-refractivity contribution in [2.75, 3.05) is 16.8 Å². The maximum Gasteiger partial charge on any atom is 0.152 e. The molecule has 1 heterocycles. The van der Waals surface area contributed by atoms with Crippen molar-refractivity contribution < 1.29 is 8.42 Å². The molecule has 0 fully saturated rings. The number of pyridine rings is 1. The minimum atomic E-state index is -2.97. The minimum Gasteiger partial charge on any atom is -0.380 e. The zero-order valence-electron chi connectivity index (χ0n) is 10.2. The molecule has 0 amide bonds. The monoisotopic (exact) mass is 276 g/mol. The van der Waals surface area contributed by atoms with Crippen molar-refractivity contribution in [3.8, 4) is 0 Å². The van der Waals surface area contributed by atoms with Crippen molar-refractivity contribution in [1.82, 2.24) is 4.98 Å². The van der Waals surface area contributed by atoms with Gasteiger partial charge >= 0.3 is 0 Å². The van der Waals surface area contributed by atoms with Gasteiger partial charge in [0.1, 0.15) is 5.15 Å². The van der Waals surface area contributed by atoms with Gasteiger partial charge in [-0.05, 0) is 25.5 Å². The van der Waals surface area contributed by atoms with E-state index in [1.54, 1.807) is 19.2 Å². The molecule has 0 saturated heterocycles. The Balaban J connectivity index is 2.72. The third-order valence-corrected chi connectivity index (χ3v) is 4.52. The molecule has 0 aliphatic rings. The normalized spacial score (nSPS) is 13.4. The molecule has 0 saturated carbocycles. The van der Waals surface area contributed by atoms with Crippen LogP contribution in [0.25, 0.3) is 0 Å². The van der Waals surface area contributed by atoms with E-state index in [1.165, 1.54) is 0 Å². The molecule has 1 aromatic rings. The second-order valence-corrected chi connectivity index (χ2v) is 6.85. The number of rotatable bonds is 5. The van der Waals surface area contributed by atoms with Crippen LogP contribution in [0.5, 0.6) is 0 Å². The molecular weight excluding hydrogens is 260 g/mol. The molecule has 0 radical (unpaired) electrons. The molecule has 1 atom stereocenters. The fourth-order valence-corrected chi connectivity index (χ4v) is 2.77. The molecule has 17 heavy (non-hydrogen) atoms. The lowest BCUT2D eigenvalue weighted by Crippen LogP contribution is -2.27. The van der Waals surface area contributed by atoms with Crippen molar-refractivity contribution in [3.63, 3.8) is 0 Å². The molecule has 1 rings (SSSR count). The first-order valence-electron chi connectivity index (χ1n) is 5.43. The van der Waals surface area contributed by atoms with Crippen LogP contribution in [0.15, 0.2) is 12.3 Å². The summed E-state index contributed by atoms with van der Waals surface area (Å²) in [5, 5.41) is 3.56. The van der Waals surface area contributed by atoms with Crippen LogP contribution in [-0.2, 0) is 9.84 Å². The Morgan fingerprint density at radius 1 is 1.53 bits per heavy atom. The maximum absolute atomic E-state index is 11.5. The van der Waals surface area contributed by atoms with E-state index in [-0.39, 0.29) is 17.5 Å². The van der Waals surface area contributed by atoms with Crippen LogP contribution in [0.3, 0.4) is 0 Å². The maximum atomic E-state index is 11.5. The zero-order chi connectivity index (χ0) is 13.1. The highest BCUT2D eigenvalue weighted by atomic mass is 35.5. The number of aromatic nitrogens is 1. The van der Waals surface area contributed by atoms with Gasteiger partial charge in [0.25, 0.3) is 0 Å². The van der Waals surface area contributed by atoms with E-state index < -0.39 is 9.84 Å². The van der Waals surface area contributed by atoms with Gasteiger partial charge in [-0.1, -0.05) is 18.5 Å². The number of halogens is 1. The summed E-state index contributed by atoms with van der Waals surface area (Å²) >= 11 is 5.75. The summed E-state index contributed by atoms with van der Waals surface area (Å²) in [5.41, 5.74) is 1.76. The molecule has 96 valence electrons. The smallest absolute Gasteiger partial charge is 0.152 e. The SMILES string of the molecule is CCS(=O)(=O)CC(C)Nc1cnc(Cl)cc1C. The molecule has 0 spiro atoms. The summed E-state index contributed by atoms with van der Waals surface area (Å²) in [5.74, 6) is 0.280. The number of sulfone groups is 1. The van der Waals surface area contributed by atoms with Crippen molar-refractivity contribution in [3.05, 3.63) is 23.0 Å². The minimum absolute atomic E-state index is 0.117. The Bertz CT molecular complexity index is 488. The molecule has 1 aromatic heterocycles. The second-order valence-electron chi connectivity index (χ2n) is 4.07. The van der Waals surface area contributed by atoms with Crippen LogP contribution in [0, 0.1) is 6.92 Å². The molecule has 0 aliphatic heterocycles. The van der Waals surface area contributed by atoms with Gasteiger partial charge in [-0.3, -0.25) is 0 Å². The summed E-state index contributed by atoms with van der Waals surface area (Å²) in [4.78, 5) is 3.96. The molecular formula is C11H17ClN2O2S. The van der Waals surface area contributed by atoms with E-state index in [1.807, 2.05) is 13.8 Å². The molecule has 4 nitrogen and oxygen atoms in total. The fourth-order valence-electron chi connectivity index (χ4n) is 1.48. The Labute approximate surface area is 107 Å². The van der Waals surface area contributed by atoms with E-state index in [0.717, 1.165) is 11.3 Å². The van der Waals surface area contributed by atoms with E-state index in [0.29, 0.717) is 5.15 Å². The van der Waals surface area contributed by atoms with Gasteiger partial charge in [0, 0.05) is 11.8 Å². The van der Waals surface area contributed by atoms with Crippen LogP contribution in [0.4, 0.5) is 5.69 Å². The molecule has 1 unspecified atom stereocenters. The van der Waals surface area contributed by atoms with E-state index >= 15 is 0 Å². The predicted molar refractivity (Wildman–Crippen MR) is 71.4 cm³/mol. The third kappa shape index (κ3) is 4.52. The van der Waals surface area contributed by atoms with Crippen molar-refractivity contribution in [1.29, 1.82) is 0 Å². The predicted octanol–water partition coefficient (Wildman–Crippen LogP) is 2.28. The highest BCUT2D eigenvalue weighted by Crippen LogP contribution is 2.17. The fraction of sp³-hybridized carbons (Fsp3) is 0.545. The summed E-state index contributed by atoms with van der Waals surface area (Å²) in [6.45, 7) is 5.38. The molecule has 0 aromatic carbocycles. The Hall–Kier alpha value is -0.810. The first kappa shape index (κ1) is 14.3. The molecule has 1 N–H and O–H groups in total. The van der Waals surface area contributed by atoms with Gasteiger partial charge in [0.15, 0.2) is 9.84 Å². The lowest BCUT2D eigenvalue weighted by molar-refractivity contribution is 0.593. The molecule has 6 heteroatoms. The highest BCUT2D eigenvalue weighted by molar-refractivity contribution is 7.91. The number of hydrogen-bond donors (Lipinski definition) is 1. The van der Waals surface area contributed by atoms with E-state index in [9.17, 15) is 8.42 Å². The Morgan fingerprint density at radius 3 is 2.71 bits per heavy atom. The average Bonchev–Trinajstić information content (AvgIpc) is 2.21. The van der Waals surface area contributed by atoms with Gasteiger partial charge in [0.05, 0.1) is 17.6 Å². The summed E-state index contributed by atoms with van der Waals surface area (Å²) in [6, 6.07) is 1.59. The van der Waals surface area contributed by atoms with Crippen LogP contribution in [0.2, 0.25) is 5.15 Å². The lowest BCUT2D eigenvalue weighted by atomic mass is 10.2. The zero-order valence-corrected chi connectivity index (χ0v) is 11.8. The number of aryl methyl sites for hydroxylation is 1. The highest BCUT2D eigenvalue weighted by Gasteiger charge is 2.14. The quantitative estimate of drug-likeness (QED) is 0.838. The molecule has 0 aliphatic carbocycles. The van der Waals surface area contributed by atoms with Gasteiger partial charge in [-0.25, -0.2) is 13.4 Å². The number of nitrogens with zero attached hydrogens (tertiary/aromatic N) is 1. The first-order valence-corrected chi connectivity index (χ1v) is 7.63. The Morgan fingerprint density at radius 2 is 2.18 bits per heavy atom. The van der Waals surface area contributed by atoms with Crippen molar-refractivity contribution in [2.24, 2.45) is 0 Å². The molecule has 0 bridgehead atoms. The summed E-state index contributed by atoms with van der Waals surface area (Å²) < 4.78 is 22.9. The number of nitrogens with one attached hydrogen (secondary N) is 1. The Kier molecular flexibility index (Phi) is 4.77. The van der Waals surface area contributed by atoms with Crippen LogP contribution < -0.4 is 5.32 Å². The average molecular weight is 277 g/mol. The number of anilines is 1. The third-order valence-electron chi connectivity index (χ3n) is 2.42. The largest absolute Gasteiger partial charge is 0.380 e. The summed E-state index contributed by atoms with van der Waals surface area (Å²) in [6.07, 6.45) is 1.62. The van der Waals surface area contributed by atoms with Crippen molar-refractivity contribution in [2.45, 2.75) is 26.8 Å². The van der Waals surface area contributed by atoms with Gasteiger partial charge in [-0.2, -0.15) is 0 Å². The second kappa shape index (κ2) is 5.69. The first-order chi connectivity index (χ1) is 7.84. The van der Waals surface area contributed by atoms with Crippen LogP contribution in [-0.4, -0.2) is 30.9 Å². The van der Waals surface area contributed by atoms with Crippen molar-refractivity contribution >= 4 is 27.1 Å². The van der Waals surface area contributed by atoms with E-state index in [4.69, 9.17) is 11.6 Å². The van der Waals surface area contributed by atoms with Gasteiger partial charge in [0.2, 0.25) is 0 Å². The lowest BCUT2D eigenvalue weighted by Gasteiger charge is -2.16. The standard InChI is InChI=1S/C11H17ClN2O2S/c1-4-17(15,16)7-9(3)14-10-6-13-11(12)5-8(10)2/h5-6,9,14H,4,7H2,1-3H3. The van der Waals surface area contributed by atoms with Crippen LogP contribution in [0.1, 0.15) is 19.4 Å². The number of hydrogen-bond acceptors (Lipinski definition) is 4. The topological polar surface area (TPSA) is 59.1 Å². The van der Waals surface area contributed by atoms with E-state index in [2.05, 4.69) is 10.3 Å². The van der Waals surface area contributed by atoms with Crippen LogP contribution >= 0.6 is 11.6 Å². The van der Waals surface area contributed by atoms with Gasteiger partial charge < -0.3 is 5.32 Å². The summed E-state index contributed by atoms with van der Waals surface area (Å²) in [7, 11) is -2.97.